The van der Waals surface area contributed by atoms with Crippen molar-refractivity contribution in [1.82, 2.24) is 10.2 Å². The second kappa shape index (κ2) is 6.71. The van der Waals surface area contributed by atoms with Gasteiger partial charge in [0.05, 0.1) is 0 Å². The first kappa shape index (κ1) is 14.8. The fourth-order valence-corrected chi connectivity index (χ4v) is 3.15. The van der Waals surface area contributed by atoms with Crippen molar-refractivity contribution >= 4 is 5.91 Å². The molecule has 0 aromatic heterocycles. The van der Waals surface area contributed by atoms with E-state index in [0.717, 1.165) is 32.0 Å². The lowest BCUT2D eigenvalue weighted by Crippen LogP contribution is -2.39. The lowest BCUT2D eigenvalue weighted by atomic mass is 9.94. The third-order valence-corrected chi connectivity index (χ3v) is 4.26. The van der Waals surface area contributed by atoms with E-state index in [1.54, 1.807) is 0 Å². The molecule has 19 heavy (non-hydrogen) atoms. The molecule has 0 aromatic carbocycles. The van der Waals surface area contributed by atoms with Gasteiger partial charge >= 0.3 is 0 Å². The van der Waals surface area contributed by atoms with Gasteiger partial charge in [0.15, 0.2) is 0 Å². The summed E-state index contributed by atoms with van der Waals surface area (Å²) in [5.41, 5.74) is 5.76. The molecule has 1 heterocycles. The number of hydrogen-bond donors (Lipinski definition) is 2. The Kier molecular flexibility index (Phi) is 5.22. The summed E-state index contributed by atoms with van der Waals surface area (Å²) in [5, 5.41) is 3.19. The Morgan fingerprint density at radius 1 is 1.37 bits per heavy atom. The van der Waals surface area contributed by atoms with E-state index in [1.807, 2.05) is 0 Å². The van der Waals surface area contributed by atoms with Gasteiger partial charge in [0.25, 0.3) is 0 Å². The molecule has 110 valence electrons. The molecule has 1 aliphatic heterocycles. The highest BCUT2D eigenvalue weighted by Gasteiger charge is 2.34. The van der Waals surface area contributed by atoms with Crippen LogP contribution in [-0.4, -0.2) is 42.5 Å². The number of hydrogen-bond acceptors (Lipinski definition) is 3. The third-order valence-electron chi connectivity index (χ3n) is 4.26. The molecule has 3 N–H and O–H groups in total. The van der Waals surface area contributed by atoms with Crippen LogP contribution in [0.1, 0.15) is 46.0 Å². The average Bonchev–Trinajstić information content (AvgIpc) is 3.09. The Morgan fingerprint density at radius 2 is 2.11 bits per heavy atom. The predicted molar refractivity (Wildman–Crippen MR) is 77.8 cm³/mol. The van der Waals surface area contributed by atoms with Crippen LogP contribution in [-0.2, 0) is 4.79 Å². The average molecular weight is 267 g/mol. The molecular weight excluding hydrogens is 238 g/mol. The van der Waals surface area contributed by atoms with E-state index < -0.39 is 0 Å². The van der Waals surface area contributed by atoms with Crippen molar-refractivity contribution in [2.24, 2.45) is 17.6 Å². The number of nitrogens with one attached hydrogen (secondary N) is 1. The monoisotopic (exact) mass is 267 g/mol. The van der Waals surface area contributed by atoms with E-state index in [4.69, 9.17) is 5.73 Å². The number of likely N-dealkylation sites (tertiary alicyclic amines) is 1. The molecule has 1 amide bonds. The van der Waals surface area contributed by atoms with Gasteiger partial charge in [-0.2, -0.15) is 0 Å². The van der Waals surface area contributed by atoms with Crippen molar-refractivity contribution < 1.29 is 4.79 Å². The molecule has 1 saturated carbocycles. The highest BCUT2D eigenvalue weighted by atomic mass is 16.1. The summed E-state index contributed by atoms with van der Waals surface area (Å²) >= 11 is 0. The first-order valence-corrected chi connectivity index (χ1v) is 7.82. The van der Waals surface area contributed by atoms with E-state index >= 15 is 0 Å². The number of carbonyl (C=O) groups is 1. The molecule has 0 aromatic rings. The van der Waals surface area contributed by atoms with E-state index in [0.29, 0.717) is 30.8 Å². The predicted octanol–water partition coefficient (Wildman–Crippen LogP) is 1.35. The van der Waals surface area contributed by atoms with Gasteiger partial charge in [-0.3, -0.25) is 9.69 Å². The third kappa shape index (κ3) is 4.77. The fraction of sp³-hybridized carbons (Fsp3) is 0.933. The van der Waals surface area contributed by atoms with Crippen LogP contribution >= 0.6 is 0 Å². The number of nitrogens with zero attached hydrogens (tertiary/aromatic N) is 1. The lowest BCUT2D eigenvalue weighted by molar-refractivity contribution is -0.122. The zero-order valence-electron chi connectivity index (χ0n) is 12.4. The SMILES string of the molecule is CC(C)C[C@H](CN)CC(=O)NC1CCN(C2CC2)C1. The van der Waals surface area contributed by atoms with Crippen LogP contribution in [0.5, 0.6) is 0 Å². The van der Waals surface area contributed by atoms with E-state index in [1.165, 1.54) is 12.8 Å². The topological polar surface area (TPSA) is 58.4 Å². The highest BCUT2D eigenvalue weighted by molar-refractivity contribution is 5.76. The molecule has 2 rings (SSSR count). The Balaban J connectivity index is 1.68. The van der Waals surface area contributed by atoms with Crippen LogP contribution in [0.25, 0.3) is 0 Å². The highest BCUT2D eigenvalue weighted by Crippen LogP contribution is 2.29. The summed E-state index contributed by atoms with van der Waals surface area (Å²) < 4.78 is 0. The van der Waals surface area contributed by atoms with Crippen molar-refractivity contribution in [3.8, 4) is 0 Å². The van der Waals surface area contributed by atoms with Crippen molar-refractivity contribution in [2.45, 2.75) is 58.0 Å². The second-order valence-electron chi connectivity index (χ2n) is 6.71. The van der Waals surface area contributed by atoms with Gasteiger partial charge in [0.2, 0.25) is 5.91 Å². The summed E-state index contributed by atoms with van der Waals surface area (Å²) in [6.45, 7) is 7.19. The zero-order valence-corrected chi connectivity index (χ0v) is 12.4. The van der Waals surface area contributed by atoms with Gasteiger partial charge in [-0.1, -0.05) is 13.8 Å². The van der Waals surface area contributed by atoms with Gasteiger partial charge in [0.1, 0.15) is 0 Å². The Morgan fingerprint density at radius 3 is 2.68 bits per heavy atom. The molecule has 1 saturated heterocycles. The van der Waals surface area contributed by atoms with E-state index in [-0.39, 0.29) is 5.91 Å². The quantitative estimate of drug-likeness (QED) is 0.732. The van der Waals surface area contributed by atoms with E-state index in [9.17, 15) is 4.79 Å². The number of carbonyl (C=O) groups excluding carboxylic acids is 1. The van der Waals surface area contributed by atoms with E-state index in [2.05, 4.69) is 24.1 Å². The molecular formula is C15H29N3O. The van der Waals surface area contributed by atoms with Crippen molar-refractivity contribution in [2.75, 3.05) is 19.6 Å². The van der Waals surface area contributed by atoms with Gasteiger partial charge in [-0.05, 0) is 44.1 Å². The standard InChI is InChI=1S/C15H29N3O/c1-11(2)7-12(9-16)8-15(19)17-13-5-6-18(10-13)14-3-4-14/h11-14H,3-10,16H2,1-2H3,(H,17,19)/t12-,13?/m0/s1. The largest absolute Gasteiger partial charge is 0.352 e. The normalized spacial score (nSPS) is 25.8. The van der Waals surface area contributed by atoms with Crippen molar-refractivity contribution in [3.05, 3.63) is 0 Å². The van der Waals surface area contributed by atoms with Crippen LogP contribution in [0, 0.1) is 11.8 Å². The van der Waals surface area contributed by atoms with Crippen LogP contribution in [0.15, 0.2) is 0 Å². The summed E-state index contributed by atoms with van der Waals surface area (Å²) in [6, 6.07) is 1.19. The molecule has 1 unspecified atom stereocenters. The maximum atomic E-state index is 12.1. The molecule has 0 bridgehead atoms. The minimum Gasteiger partial charge on any atom is -0.352 e. The molecule has 0 radical (unpaired) electrons. The Hall–Kier alpha value is -0.610. The van der Waals surface area contributed by atoms with Gasteiger partial charge in [-0.25, -0.2) is 0 Å². The first-order valence-electron chi connectivity index (χ1n) is 7.82. The van der Waals surface area contributed by atoms with Gasteiger partial charge in [-0.15, -0.1) is 0 Å². The Labute approximate surface area is 117 Å². The van der Waals surface area contributed by atoms with Crippen molar-refractivity contribution in [1.29, 1.82) is 0 Å². The maximum Gasteiger partial charge on any atom is 0.220 e. The molecule has 4 nitrogen and oxygen atoms in total. The van der Waals surface area contributed by atoms with Crippen LogP contribution in [0.4, 0.5) is 0 Å². The number of nitrogens with two attached hydrogens (primary N) is 1. The minimum absolute atomic E-state index is 0.193. The van der Waals surface area contributed by atoms with Crippen LogP contribution in [0.3, 0.4) is 0 Å². The molecule has 1 aliphatic carbocycles. The minimum atomic E-state index is 0.193. The molecule has 2 fully saturated rings. The zero-order chi connectivity index (χ0) is 13.8. The fourth-order valence-electron chi connectivity index (χ4n) is 3.15. The summed E-state index contributed by atoms with van der Waals surface area (Å²) in [6.07, 6.45) is 5.45. The molecule has 2 atom stereocenters. The van der Waals surface area contributed by atoms with Gasteiger partial charge < -0.3 is 11.1 Å². The first-order chi connectivity index (χ1) is 9.08. The lowest BCUT2D eigenvalue weighted by Gasteiger charge is -2.19. The van der Waals surface area contributed by atoms with Crippen LogP contribution < -0.4 is 11.1 Å². The van der Waals surface area contributed by atoms with Crippen molar-refractivity contribution in [3.63, 3.8) is 0 Å². The summed E-state index contributed by atoms with van der Waals surface area (Å²) in [5.74, 6) is 1.14. The molecule has 0 spiro atoms. The smallest absolute Gasteiger partial charge is 0.220 e. The second-order valence-corrected chi connectivity index (χ2v) is 6.71. The maximum absolute atomic E-state index is 12.1. The number of rotatable bonds is 7. The number of amides is 1. The van der Waals surface area contributed by atoms with Crippen LogP contribution in [0.2, 0.25) is 0 Å². The summed E-state index contributed by atoms with van der Waals surface area (Å²) in [7, 11) is 0. The molecule has 2 aliphatic rings. The Bertz CT molecular complexity index is 302. The summed E-state index contributed by atoms with van der Waals surface area (Å²) in [4.78, 5) is 14.6. The molecule has 4 heteroatoms. The van der Waals surface area contributed by atoms with Gasteiger partial charge in [0, 0.05) is 31.6 Å².